The molecular weight excluding hydrogens is 308 g/mol. The van der Waals surface area contributed by atoms with Crippen molar-refractivity contribution >= 4 is 17.8 Å². The van der Waals surface area contributed by atoms with E-state index < -0.39 is 5.97 Å². The SMILES string of the molecule is CCC(C)N(CC(=O)O)C(=O)c1ccc(C(=O)N(CC)CC)cc1. The molecule has 0 spiro atoms. The smallest absolute Gasteiger partial charge is 0.323 e. The van der Waals surface area contributed by atoms with Crippen molar-refractivity contribution in [2.45, 2.75) is 40.2 Å². The predicted octanol–water partition coefficient (Wildman–Crippen LogP) is 2.49. The molecule has 0 saturated heterocycles. The maximum Gasteiger partial charge on any atom is 0.323 e. The van der Waals surface area contributed by atoms with E-state index in [2.05, 4.69) is 0 Å². The maximum atomic E-state index is 12.6. The molecule has 0 aliphatic carbocycles. The Kier molecular flexibility index (Phi) is 7.42. The van der Waals surface area contributed by atoms with Crippen molar-refractivity contribution in [2.24, 2.45) is 0 Å². The molecule has 0 radical (unpaired) electrons. The van der Waals surface area contributed by atoms with Crippen LogP contribution in [0.15, 0.2) is 24.3 Å². The van der Waals surface area contributed by atoms with Gasteiger partial charge in [-0.1, -0.05) is 6.92 Å². The van der Waals surface area contributed by atoms with Gasteiger partial charge in [-0.3, -0.25) is 14.4 Å². The highest BCUT2D eigenvalue weighted by molar-refractivity contribution is 5.98. The number of rotatable bonds is 8. The zero-order chi connectivity index (χ0) is 18.3. The number of hydrogen-bond acceptors (Lipinski definition) is 3. The lowest BCUT2D eigenvalue weighted by atomic mass is 10.1. The molecule has 6 heteroatoms. The Morgan fingerprint density at radius 1 is 0.958 bits per heavy atom. The van der Waals surface area contributed by atoms with Crippen molar-refractivity contribution in [3.63, 3.8) is 0 Å². The summed E-state index contributed by atoms with van der Waals surface area (Å²) in [4.78, 5) is 38.9. The van der Waals surface area contributed by atoms with Crippen LogP contribution in [-0.2, 0) is 4.79 Å². The van der Waals surface area contributed by atoms with Gasteiger partial charge >= 0.3 is 5.97 Å². The molecule has 0 heterocycles. The number of nitrogens with zero attached hydrogens (tertiary/aromatic N) is 2. The third-order valence-corrected chi connectivity index (χ3v) is 4.12. The highest BCUT2D eigenvalue weighted by Crippen LogP contribution is 2.13. The minimum Gasteiger partial charge on any atom is -0.480 e. The molecule has 0 aliphatic heterocycles. The Labute approximate surface area is 143 Å². The first kappa shape index (κ1) is 19.7. The predicted molar refractivity (Wildman–Crippen MR) is 92.1 cm³/mol. The largest absolute Gasteiger partial charge is 0.480 e. The third-order valence-electron chi connectivity index (χ3n) is 4.12. The highest BCUT2D eigenvalue weighted by Gasteiger charge is 2.23. The van der Waals surface area contributed by atoms with Gasteiger partial charge in [0.1, 0.15) is 6.54 Å². The number of carboxylic acids is 1. The van der Waals surface area contributed by atoms with E-state index in [0.717, 1.165) is 0 Å². The zero-order valence-corrected chi connectivity index (χ0v) is 14.8. The van der Waals surface area contributed by atoms with Crippen molar-refractivity contribution in [3.8, 4) is 0 Å². The summed E-state index contributed by atoms with van der Waals surface area (Å²) in [7, 11) is 0. The lowest BCUT2D eigenvalue weighted by Gasteiger charge is -2.27. The molecule has 1 N–H and O–H groups in total. The van der Waals surface area contributed by atoms with Gasteiger partial charge in [-0.15, -0.1) is 0 Å². The van der Waals surface area contributed by atoms with Gasteiger partial charge in [0, 0.05) is 30.3 Å². The lowest BCUT2D eigenvalue weighted by molar-refractivity contribution is -0.138. The summed E-state index contributed by atoms with van der Waals surface area (Å²) >= 11 is 0. The molecule has 1 rings (SSSR count). The van der Waals surface area contributed by atoms with Crippen LogP contribution in [0, 0.1) is 0 Å². The van der Waals surface area contributed by atoms with E-state index in [0.29, 0.717) is 30.6 Å². The summed E-state index contributed by atoms with van der Waals surface area (Å²) in [5.41, 5.74) is 0.899. The summed E-state index contributed by atoms with van der Waals surface area (Å²) < 4.78 is 0. The van der Waals surface area contributed by atoms with Crippen molar-refractivity contribution in [1.29, 1.82) is 0 Å². The van der Waals surface area contributed by atoms with Crippen molar-refractivity contribution in [1.82, 2.24) is 9.80 Å². The molecule has 0 bridgehead atoms. The fourth-order valence-electron chi connectivity index (χ4n) is 2.41. The molecule has 6 nitrogen and oxygen atoms in total. The van der Waals surface area contributed by atoms with Gasteiger partial charge in [0.05, 0.1) is 0 Å². The van der Waals surface area contributed by atoms with E-state index >= 15 is 0 Å². The van der Waals surface area contributed by atoms with Crippen LogP contribution >= 0.6 is 0 Å². The lowest BCUT2D eigenvalue weighted by Crippen LogP contribution is -2.41. The third kappa shape index (κ3) is 4.81. The summed E-state index contributed by atoms with van der Waals surface area (Å²) in [6.07, 6.45) is 0.664. The van der Waals surface area contributed by atoms with Crippen LogP contribution in [0.5, 0.6) is 0 Å². The average molecular weight is 334 g/mol. The molecule has 0 aliphatic rings. The van der Waals surface area contributed by atoms with Crippen LogP contribution in [-0.4, -0.2) is 58.4 Å². The number of carbonyl (C=O) groups is 3. The standard InChI is InChI=1S/C18H26N2O4/c1-5-13(4)20(12-16(21)22)18(24)15-10-8-14(9-11-15)17(23)19(6-2)7-3/h8-11,13H,5-7,12H2,1-4H3,(H,21,22). The second-order valence-electron chi connectivity index (χ2n) is 5.64. The Morgan fingerprint density at radius 3 is 1.79 bits per heavy atom. The van der Waals surface area contributed by atoms with E-state index in [9.17, 15) is 14.4 Å². The molecule has 0 aromatic heterocycles. The molecular formula is C18H26N2O4. The summed E-state index contributed by atoms with van der Waals surface area (Å²) in [6.45, 7) is 8.45. The van der Waals surface area contributed by atoms with E-state index in [1.54, 1.807) is 29.2 Å². The van der Waals surface area contributed by atoms with Gasteiger partial charge in [-0.25, -0.2) is 0 Å². The molecule has 1 atom stereocenters. The molecule has 0 fully saturated rings. The summed E-state index contributed by atoms with van der Waals surface area (Å²) in [5, 5.41) is 9.01. The minimum absolute atomic E-state index is 0.0803. The normalized spacial score (nSPS) is 11.7. The minimum atomic E-state index is -1.04. The van der Waals surface area contributed by atoms with Gasteiger partial charge < -0.3 is 14.9 Å². The number of amides is 2. The fraction of sp³-hybridized carbons (Fsp3) is 0.500. The van der Waals surface area contributed by atoms with E-state index in [1.165, 1.54) is 4.90 Å². The number of benzene rings is 1. The second-order valence-corrected chi connectivity index (χ2v) is 5.64. The number of aliphatic carboxylic acids is 1. The number of carbonyl (C=O) groups excluding carboxylic acids is 2. The molecule has 1 aromatic rings. The quantitative estimate of drug-likeness (QED) is 0.792. The van der Waals surface area contributed by atoms with Gasteiger partial charge in [0.15, 0.2) is 0 Å². The van der Waals surface area contributed by atoms with Crippen LogP contribution in [0.4, 0.5) is 0 Å². The van der Waals surface area contributed by atoms with Gasteiger partial charge in [0.25, 0.3) is 11.8 Å². The Balaban J connectivity index is 2.99. The molecule has 24 heavy (non-hydrogen) atoms. The highest BCUT2D eigenvalue weighted by atomic mass is 16.4. The monoisotopic (exact) mass is 334 g/mol. The molecule has 0 saturated carbocycles. The molecule has 1 aromatic carbocycles. The van der Waals surface area contributed by atoms with Crippen molar-refractivity contribution < 1.29 is 19.5 Å². The summed E-state index contributed by atoms with van der Waals surface area (Å²) in [5.74, 6) is -1.46. The molecule has 2 amide bonds. The van der Waals surface area contributed by atoms with E-state index in [4.69, 9.17) is 5.11 Å². The Hall–Kier alpha value is -2.37. The first-order chi connectivity index (χ1) is 11.3. The topological polar surface area (TPSA) is 77.9 Å². The van der Waals surface area contributed by atoms with Crippen LogP contribution < -0.4 is 0 Å². The first-order valence-electron chi connectivity index (χ1n) is 8.27. The first-order valence-corrected chi connectivity index (χ1v) is 8.27. The van der Waals surface area contributed by atoms with Gasteiger partial charge in [-0.2, -0.15) is 0 Å². The zero-order valence-electron chi connectivity index (χ0n) is 14.8. The summed E-state index contributed by atoms with van der Waals surface area (Å²) in [6, 6.07) is 6.21. The van der Waals surface area contributed by atoms with E-state index in [-0.39, 0.29) is 24.4 Å². The fourth-order valence-corrected chi connectivity index (χ4v) is 2.41. The van der Waals surface area contributed by atoms with Gasteiger partial charge in [-0.05, 0) is 51.5 Å². The van der Waals surface area contributed by atoms with E-state index in [1.807, 2.05) is 27.7 Å². The van der Waals surface area contributed by atoms with Crippen molar-refractivity contribution in [2.75, 3.05) is 19.6 Å². The van der Waals surface area contributed by atoms with Crippen LogP contribution in [0.25, 0.3) is 0 Å². The van der Waals surface area contributed by atoms with Crippen LogP contribution in [0.3, 0.4) is 0 Å². The molecule has 132 valence electrons. The Morgan fingerprint density at radius 2 is 1.42 bits per heavy atom. The maximum absolute atomic E-state index is 12.6. The number of carboxylic acid groups (broad SMARTS) is 1. The average Bonchev–Trinajstić information content (AvgIpc) is 2.59. The molecule has 1 unspecified atom stereocenters. The Bertz CT molecular complexity index is 579. The van der Waals surface area contributed by atoms with Gasteiger partial charge in [0.2, 0.25) is 0 Å². The van der Waals surface area contributed by atoms with Crippen LogP contribution in [0.1, 0.15) is 54.8 Å². The van der Waals surface area contributed by atoms with Crippen LogP contribution in [0.2, 0.25) is 0 Å². The number of hydrogen-bond donors (Lipinski definition) is 1. The second kappa shape index (κ2) is 9.05. The van der Waals surface area contributed by atoms with Crippen molar-refractivity contribution in [3.05, 3.63) is 35.4 Å².